The third-order valence-corrected chi connectivity index (χ3v) is 3.80. The summed E-state index contributed by atoms with van der Waals surface area (Å²) in [6, 6.07) is 9.71. The molecule has 2 aromatic rings. The summed E-state index contributed by atoms with van der Waals surface area (Å²) in [6.07, 6.45) is 3.16. The highest BCUT2D eigenvalue weighted by Crippen LogP contribution is 2.28. The number of hydrogen-bond donors (Lipinski definition) is 2. The third-order valence-electron chi connectivity index (χ3n) is 3.80. The highest BCUT2D eigenvalue weighted by molar-refractivity contribution is 5.98. The van der Waals surface area contributed by atoms with Crippen molar-refractivity contribution >= 4 is 11.9 Å². The van der Waals surface area contributed by atoms with E-state index in [-0.39, 0.29) is 12.8 Å². The van der Waals surface area contributed by atoms with Crippen LogP contribution in [0.3, 0.4) is 0 Å². The molecule has 0 aliphatic rings. The van der Waals surface area contributed by atoms with Crippen molar-refractivity contribution in [3.63, 3.8) is 0 Å². The van der Waals surface area contributed by atoms with Crippen molar-refractivity contribution in [3.8, 4) is 0 Å². The normalized spacial score (nSPS) is 11.3. The van der Waals surface area contributed by atoms with Gasteiger partial charge in [0.2, 0.25) is 0 Å². The molecule has 0 aliphatic carbocycles. The molecule has 0 saturated carbocycles. The first-order valence-corrected chi connectivity index (χ1v) is 7.00. The van der Waals surface area contributed by atoms with Crippen molar-refractivity contribution in [2.45, 2.75) is 26.3 Å². The minimum Gasteiger partial charge on any atom is -0.480 e. The lowest BCUT2D eigenvalue weighted by molar-refractivity contribution is -0.164. The van der Waals surface area contributed by atoms with Crippen LogP contribution in [0.15, 0.2) is 42.7 Å². The summed E-state index contributed by atoms with van der Waals surface area (Å²) < 4.78 is 1.68. The molecule has 0 aliphatic heterocycles. The van der Waals surface area contributed by atoms with Crippen LogP contribution < -0.4 is 0 Å². The Morgan fingerprint density at radius 2 is 1.77 bits per heavy atom. The molecule has 0 atom stereocenters. The molecule has 22 heavy (non-hydrogen) atoms. The van der Waals surface area contributed by atoms with Crippen molar-refractivity contribution in [2.75, 3.05) is 0 Å². The van der Waals surface area contributed by atoms with Crippen LogP contribution in [0.25, 0.3) is 0 Å². The zero-order valence-electron chi connectivity index (χ0n) is 12.3. The first-order chi connectivity index (χ1) is 10.5. The predicted molar refractivity (Wildman–Crippen MR) is 79.5 cm³/mol. The maximum atomic E-state index is 11.4. The topological polar surface area (TPSA) is 92.4 Å². The lowest BCUT2D eigenvalue weighted by atomic mass is 9.80. The molecule has 0 bridgehead atoms. The molecule has 0 fully saturated rings. The molecule has 2 N–H and O–H groups in total. The van der Waals surface area contributed by atoms with Crippen molar-refractivity contribution < 1.29 is 19.8 Å². The molecule has 1 heterocycles. The molecule has 2 rings (SSSR count). The summed E-state index contributed by atoms with van der Waals surface area (Å²) in [6.45, 7) is 2.12. The van der Waals surface area contributed by atoms with E-state index in [0.29, 0.717) is 12.1 Å². The van der Waals surface area contributed by atoms with Crippen LogP contribution in [0.2, 0.25) is 0 Å². The van der Waals surface area contributed by atoms with Crippen LogP contribution in [-0.2, 0) is 22.6 Å². The van der Waals surface area contributed by atoms with Gasteiger partial charge >= 0.3 is 11.9 Å². The van der Waals surface area contributed by atoms with E-state index in [0.717, 1.165) is 5.56 Å². The number of aromatic nitrogens is 2. The first kappa shape index (κ1) is 15.8. The number of nitrogens with zero attached hydrogens (tertiary/aromatic N) is 2. The number of benzene rings is 1. The minimum atomic E-state index is -1.80. The Morgan fingerprint density at radius 3 is 2.32 bits per heavy atom. The molecule has 0 saturated heterocycles. The molecular weight excluding hydrogens is 284 g/mol. The average molecular weight is 302 g/mol. The summed E-state index contributed by atoms with van der Waals surface area (Å²) >= 11 is 0. The number of carboxylic acids is 2. The fourth-order valence-corrected chi connectivity index (χ4v) is 2.37. The molecule has 1 aromatic carbocycles. The molecule has 116 valence electrons. The maximum Gasteiger partial charge on any atom is 0.321 e. The van der Waals surface area contributed by atoms with Crippen molar-refractivity contribution in [1.29, 1.82) is 0 Å². The second-order valence-electron chi connectivity index (χ2n) is 5.25. The van der Waals surface area contributed by atoms with Gasteiger partial charge in [0.25, 0.3) is 0 Å². The van der Waals surface area contributed by atoms with E-state index in [1.54, 1.807) is 17.8 Å². The van der Waals surface area contributed by atoms with Gasteiger partial charge < -0.3 is 10.2 Å². The Hall–Kier alpha value is -2.63. The van der Waals surface area contributed by atoms with Gasteiger partial charge in [0.05, 0.1) is 12.7 Å². The molecule has 0 amide bonds. The van der Waals surface area contributed by atoms with Gasteiger partial charge in [-0.3, -0.25) is 14.3 Å². The quantitative estimate of drug-likeness (QED) is 0.764. The number of carboxylic acid groups (broad SMARTS) is 2. The first-order valence-electron chi connectivity index (χ1n) is 7.00. The zero-order valence-corrected chi connectivity index (χ0v) is 12.3. The highest BCUT2D eigenvalue weighted by atomic mass is 16.4. The van der Waals surface area contributed by atoms with E-state index in [2.05, 4.69) is 5.10 Å². The Morgan fingerprint density at radius 1 is 1.14 bits per heavy atom. The molecular formula is C16H18N2O4. The smallest absolute Gasteiger partial charge is 0.321 e. The fraction of sp³-hybridized carbons (Fsp3) is 0.312. The monoisotopic (exact) mass is 302 g/mol. The van der Waals surface area contributed by atoms with Crippen LogP contribution in [-0.4, -0.2) is 31.9 Å². The zero-order chi connectivity index (χ0) is 16.2. The van der Waals surface area contributed by atoms with E-state index >= 15 is 0 Å². The van der Waals surface area contributed by atoms with Gasteiger partial charge in [0.15, 0.2) is 5.41 Å². The Labute approximate surface area is 128 Å². The van der Waals surface area contributed by atoms with E-state index in [1.165, 1.54) is 6.20 Å². The Kier molecular flexibility index (Phi) is 4.60. The van der Waals surface area contributed by atoms with Crippen LogP contribution in [0.1, 0.15) is 24.5 Å². The fourth-order valence-electron chi connectivity index (χ4n) is 2.37. The third kappa shape index (κ3) is 3.16. The lowest BCUT2D eigenvalue weighted by Crippen LogP contribution is -2.40. The second kappa shape index (κ2) is 6.43. The molecule has 0 radical (unpaired) electrons. The van der Waals surface area contributed by atoms with Crippen molar-refractivity contribution in [1.82, 2.24) is 9.78 Å². The SMILES string of the molecule is CCC(Cc1cnn(Cc2ccccc2)c1)(C(=O)O)C(=O)O. The molecule has 6 heteroatoms. The van der Waals surface area contributed by atoms with Gasteiger partial charge in [-0.2, -0.15) is 5.10 Å². The second-order valence-corrected chi connectivity index (χ2v) is 5.25. The Bertz CT molecular complexity index is 650. The predicted octanol–water partition coefficient (Wildman–Crippen LogP) is 2.04. The van der Waals surface area contributed by atoms with Gasteiger partial charge in [0.1, 0.15) is 0 Å². The number of carbonyl (C=O) groups is 2. The molecule has 6 nitrogen and oxygen atoms in total. The van der Waals surface area contributed by atoms with Crippen LogP contribution in [0, 0.1) is 5.41 Å². The summed E-state index contributed by atoms with van der Waals surface area (Å²) in [5.74, 6) is -2.64. The maximum absolute atomic E-state index is 11.4. The van der Waals surface area contributed by atoms with Gasteiger partial charge in [-0.25, -0.2) is 0 Å². The lowest BCUT2D eigenvalue weighted by Gasteiger charge is -2.22. The van der Waals surface area contributed by atoms with Crippen LogP contribution in [0.4, 0.5) is 0 Å². The van der Waals surface area contributed by atoms with Crippen molar-refractivity contribution in [2.24, 2.45) is 5.41 Å². The summed E-state index contributed by atoms with van der Waals surface area (Å²) in [5.41, 5.74) is -0.140. The summed E-state index contributed by atoms with van der Waals surface area (Å²) in [5, 5.41) is 22.8. The van der Waals surface area contributed by atoms with Crippen LogP contribution in [0.5, 0.6) is 0 Å². The van der Waals surface area contributed by atoms with Crippen molar-refractivity contribution in [3.05, 3.63) is 53.9 Å². The Balaban J connectivity index is 2.17. The minimum absolute atomic E-state index is 0.0154. The van der Waals surface area contributed by atoms with Gasteiger partial charge in [-0.05, 0) is 17.5 Å². The van der Waals surface area contributed by atoms with Gasteiger partial charge in [0, 0.05) is 12.6 Å². The summed E-state index contributed by atoms with van der Waals surface area (Å²) in [4.78, 5) is 22.8. The average Bonchev–Trinajstić information content (AvgIpc) is 2.92. The van der Waals surface area contributed by atoms with E-state index in [9.17, 15) is 19.8 Å². The summed E-state index contributed by atoms with van der Waals surface area (Å²) in [7, 11) is 0. The number of aliphatic carboxylic acids is 2. The molecule has 1 aromatic heterocycles. The van der Waals surface area contributed by atoms with Gasteiger partial charge in [-0.15, -0.1) is 0 Å². The largest absolute Gasteiger partial charge is 0.480 e. The molecule has 0 unspecified atom stereocenters. The van der Waals surface area contributed by atoms with E-state index in [1.807, 2.05) is 30.3 Å². The van der Waals surface area contributed by atoms with E-state index < -0.39 is 17.4 Å². The molecule has 0 spiro atoms. The van der Waals surface area contributed by atoms with Crippen LogP contribution >= 0.6 is 0 Å². The number of rotatable bonds is 7. The van der Waals surface area contributed by atoms with E-state index in [4.69, 9.17) is 0 Å². The standard InChI is InChI=1S/C16H18N2O4/c1-2-16(14(19)20,15(21)22)8-13-9-17-18(11-13)10-12-6-4-3-5-7-12/h3-7,9,11H,2,8,10H2,1H3,(H,19,20)(H,21,22). The highest BCUT2D eigenvalue weighted by Gasteiger charge is 2.45. The number of hydrogen-bond acceptors (Lipinski definition) is 3. The van der Waals surface area contributed by atoms with Gasteiger partial charge in [-0.1, -0.05) is 37.3 Å².